The molecule has 1 aromatic carbocycles. The number of nitrogens with one attached hydrogen (secondary N) is 1. The van der Waals surface area contributed by atoms with Gasteiger partial charge in [-0.3, -0.25) is 4.72 Å². The van der Waals surface area contributed by atoms with Crippen molar-refractivity contribution in [1.82, 2.24) is 0 Å². The third-order valence-corrected chi connectivity index (χ3v) is 10.3. The number of ether oxygens (including phenoxy) is 1. The molecule has 9 heteroatoms. The van der Waals surface area contributed by atoms with Gasteiger partial charge >= 0.3 is 5.97 Å². The van der Waals surface area contributed by atoms with Crippen LogP contribution < -0.4 is 9.62 Å². The highest BCUT2D eigenvalue weighted by Gasteiger charge is 2.53. The van der Waals surface area contributed by atoms with Crippen LogP contribution in [0.4, 0.5) is 11.4 Å². The number of nitrogens with zero attached hydrogens (tertiary/aromatic N) is 1. The van der Waals surface area contributed by atoms with E-state index < -0.39 is 21.6 Å². The maximum Gasteiger partial charge on any atom is 0.359 e. The molecule has 2 aliphatic carbocycles. The number of hydrogen-bond donors (Lipinski definition) is 3. The van der Waals surface area contributed by atoms with Crippen molar-refractivity contribution in [2.45, 2.75) is 83.2 Å². The van der Waals surface area contributed by atoms with Gasteiger partial charge in [-0.25, -0.2) is 13.2 Å². The summed E-state index contributed by atoms with van der Waals surface area (Å²) in [5.41, 5.74) is 0.416. The van der Waals surface area contributed by atoms with Gasteiger partial charge in [0, 0.05) is 18.7 Å². The van der Waals surface area contributed by atoms with E-state index in [9.17, 15) is 18.3 Å². The SMILES string of the molecule is C=C/C=C(\S)S(=O)(=O)Nc1cccc(N(CCC)C2=C(O)CC(C3CCCCC3)(C3CCCC3)OC2=O)c1. The maximum atomic E-state index is 13.8. The summed E-state index contributed by atoms with van der Waals surface area (Å²) in [6, 6.07) is 6.78. The number of aliphatic hydroxyl groups is 1. The summed E-state index contributed by atoms with van der Waals surface area (Å²) < 4.78 is 34.0. The number of allylic oxidation sites excluding steroid dienone is 2. The molecule has 0 spiro atoms. The Morgan fingerprint density at radius 1 is 1.18 bits per heavy atom. The smallest absolute Gasteiger partial charge is 0.359 e. The van der Waals surface area contributed by atoms with Crippen molar-refractivity contribution >= 4 is 40.0 Å². The Kier molecular flexibility index (Phi) is 9.19. The van der Waals surface area contributed by atoms with Crippen LogP contribution in [0.2, 0.25) is 0 Å². The number of sulfonamides is 1. The zero-order chi connectivity index (χ0) is 27.3. The van der Waals surface area contributed by atoms with Crippen molar-refractivity contribution in [2.75, 3.05) is 16.2 Å². The number of thiol groups is 1. The minimum Gasteiger partial charge on any atom is -0.510 e. The lowest BCUT2D eigenvalue weighted by Gasteiger charge is -2.48. The van der Waals surface area contributed by atoms with E-state index in [0.717, 1.165) is 51.4 Å². The highest BCUT2D eigenvalue weighted by molar-refractivity contribution is 8.11. The fourth-order valence-electron chi connectivity index (χ4n) is 6.51. The average Bonchev–Trinajstić information content (AvgIpc) is 3.44. The Hall–Kier alpha value is -2.39. The number of rotatable bonds is 10. The van der Waals surface area contributed by atoms with Crippen LogP contribution >= 0.6 is 12.6 Å². The van der Waals surface area contributed by atoms with Crippen molar-refractivity contribution in [2.24, 2.45) is 11.8 Å². The van der Waals surface area contributed by atoms with Crippen LogP contribution in [0.5, 0.6) is 0 Å². The number of benzene rings is 1. The Morgan fingerprint density at radius 3 is 2.39 bits per heavy atom. The number of esters is 1. The molecule has 0 saturated heterocycles. The van der Waals surface area contributed by atoms with E-state index in [-0.39, 0.29) is 27.5 Å². The van der Waals surface area contributed by atoms with Crippen molar-refractivity contribution in [3.63, 3.8) is 0 Å². The molecule has 1 aromatic rings. The Balaban J connectivity index is 1.68. The molecular weight excluding hydrogens is 520 g/mol. The van der Waals surface area contributed by atoms with Gasteiger partial charge in [-0.05, 0) is 68.2 Å². The maximum absolute atomic E-state index is 13.8. The van der Waals surface area contributed by atoms with E-state index in [0.29, 0.717) is 30.8 Å². The zero-order valence-corrected chi connectivity index (χ0v) is 23.9. The molecule has 0 bridgehead atoms. The monoisotopic (exact) mass is 560 g/mol. The summed E-state index contributed by atoms with van der Waals surface area (Å²) in [7, 11) is -3.88. The van der Waals surface area contributed by atoms with Crippen LogP contribution in [0.15, 0.2) is 58.7 Å². The standard InChI is InChI=1S/C29H40N2O5S2/c1-3-11-26(37)38(34,35)30-23-16-10-17-24(19-23)31(18-4-2)27-25(32)20-29(36-28(27)33,22-14-8-9-15-22)21-12-6-5-7-13-21/h3,10-11,16-17,19,21-22,30,32,37H,1,4-9,12-15,18,20H2,2H3/b26-11+. The molecule has 208 valence electrons. The van der Waals surface area contributed by atoms with Gasteiger partial charge in [-0.15, -0.1) is 12.6 Å². The van der Waals surface area contributed by atoms with Crippen LogP contribution in [-0.4, -0.2) is 31.6 Å². The lowest BCUT2D eigenvalue weighted by Crippen LogP contribution is -2.53. The molecule has 1 atom stereocenters. The van der Waals surface area contributed by atoms with Gasteiger partial charge in [0.25, 0.3) is 10.0 Å². The highest BCUT2D eigenvalue weighted by atomic mass is 32.3. The molecule has 2 fully saturated rings. The lowest BCUT2D eigenvalue weighted by atomic mass is 9.67. The molecule has 0 amide bonds. The van der Waals surface area contributed by atoms with Crippen LogP contribution in [0, 0.1) is 11.8 Å². The fourth-order valence-corrected chi connectivity index (χ4v) is 7.57. The van der Waals surface area contributed by atoms with Gasteiger partial charge < -0.3 is 14.7 Å². The van der Waals surface area contributed by atoms with Gasteiger partial charge in [-0.1, -0.05) is 57.7 Å². The highest BCUT2D eigenvalue weighted by Crippen LogP contribution is 2.51. The van der Waals surface area contributed by atoms with E-state index in [4.69, 9.17) is 4.74 Å². The first-order chi connectivity index (χ1) is 18.2. The lowest BCUT2D eigenvalue weighted by molar-refractivity contribution is -0.179. The van der Waals surface area contributed by atoms with E-state index in [1.807, 2.05) is 6.92 Å². The summed E-state index contributed by atoms with van der Waals surface area (Å²) in [5.74, 6) is 0.125. The zero-order valence-electron chi connectivity index (χ0n) is 22.2. The number of cyclic esters (lactones) is 1. The van der Waals surface area contributed by atoms with Gasteiger partial charge in [0.2, 0.25) is 0 Å². The summed E-state index contributed by atoms with van der Waals surface area (Å²) in [6.45, 7) is 5.96. The second-order valence-corrected chi connectivity index (χ2v) is 13.1. The van der Waals surface area contributed by atoms with Gasteiger partial charge in [0.1, 0.15) is 15.6 Å². The molecule has 4 rings (SSSR count). The quantitative estimate of drug-likeness (QED) is 0.165. The number of carbonyl (C=O) groups excluding carboxylic acids is 1. The summed E-state index contributed by atoms with van der Waals surface area (Å²) in [5, 5.41) is 11.5. The van der Waals surface area contributed by atoms with Crippen LogP contribution in [-0.2, 0) is 19.6 Å². The second-order valence-electron chi connectivity index (χ2n) is 10.7. The van der Waals surface area contributed by atoms with Crippen molar-refractivity contribution in [3.8, 4) is 0 Å². The summed E-state index contributed by atoms with van der Waals surface area (Å²) in [6.07, 6.45) is 13.5. The number of carbonyl (C=O) groups is 1. The van der Waals surface area contributed by atoms with Crippen molar-refractivity contribution < 1.29 is 23.1 Å². The Labute approximate surface area is 232 Å². The normalized spacial score (nSPS) is 23.8. The predicted molar refractivity (Wildman–Crippen MR) is 156 cm³/mol. The first-order valence-corrected chi connectivity index (χ1v) is 15.7. The van der Waals surface area contributed by atoms with Gasteiger partial charge in [-0.2, -0.15) is 0 Å². The third kappa shape index (κ3) is 5.93. The number of aliphatic hydroxyl groups excluding tert-OH is 1. The number of hydrogen-bond acceptors (Lipinski definition) is 7. The molecule has 2 saturated carbocycles. The Morgan fingerprint density at radius 2 is 1.82 bits per heavy atom. The van der Waals surface area contributed by atoms with Crippen molar-refractivity contribution in [3.05, 3.63) is 58.7 Å². The minimum atomic E-state index is -3.88. The summed E-state index contributed by atoms with van der Waals surface area (Å²) in [4.78, 5) is 15.5. The van der Waals surface area contributed by atoms with E-state index in [1.54, 1.807) is 29.2 Å². The molecule has 0 aromatic heterocycles. The number of anilines is 2. The molecule has 2 N–H and O–H groups in total. The molecule has 1 unspecified atom stereocenters. The van der Waals surface area contributed by atoms with Gasteiger partial charge in [0.15, 0.2) is 5.70 Å². The topological polar surface area (TPSA) is 95.9 Å². The van der Waals surface area contributed by atoms with E-state index >= 15 is 0 Å². The van der Waals surface area contributed by atoms with E-state index in [1.165, 1.54) is 18.6 Å². The molecule has 38 heavy (non-hydrogen) atoms. The molecule has 1 aliphatic heterocycles. The first kappa shape index (κ1) is 28.6. The van der Waals surface area contributed by atoms with Crippen molar-refractivity contribution in [1.29, 1.82) is 0 Å². The first-order valence-electron chi connectivity index (χ1n) is 13.8. The Bertz CT molecular complexity index is 1200. The molecule has 1 heterocycles. The van der Waals surface area contributed by atoms with Crippen LogP contribution in [0.1, 0.15) is 77.6 Å². The van der Waals surface area contributed by atoms with Crippen LogP contribution in [0.3, 0.4) is 0 Å². The van der Waals surface area contributed by atoms with Gasteiger partial charge in [0.05, 0.1) is 5.69 Å². The minimum absolute atomic E-state index is 0.0738. The summed E-state index contributed by atoms with van der Waals surface area (Å²) >= 11 is 4.05. The third-order valence-electron chi connectivity index (χ3n) is 8.20. The molecule has 3 aliphatic rings. The fraction of sp³-hybridized carbons (Fsp3) is 0.552. The second kappa shape index (κ2) is 12.2. The predicted octanol–water partition coefficient (Wildman–Crippen LogP) is 6.83. The average molecular weight is 561 g/mol. The van der Waals surface area contributed by atoms with Crippen LogP contribution in [0.25, 0.3) is 0 Å². The molecule has 7 nitrogen and oxygen atoms in total. The largest absolute Gasteiger partial charge is 0.510 e. The molecular formula is C29H40N2O5S2. The van der Waals surface area contributed by atoms with E-state index in [2.05, 4.69) is 23.9 Å². The molecule has 0 radical (unpaired) electrons.